The fraction of sp³-hybridized carbons (Fsp3) is 0.400. The van der Waals surface area contributed by atoms with Crippen molar-refractivity contribution >= 4 is 18.0 Å². The van der Waals surface area contributed by atoms with Gasteiger partial charge < -0.3 is 30.3 Å². The summed E-state index contributed by atoms with van der Waals surface area (Å²) in [7, 11) is 0. The third-order valence-electron chi connectivity index (χ3n) is 6.67. The molecule has 0 spiro atoms. The predicted octanol–water partition coefficient (Wildman–Crippen LogP) is 1.43. The number of aliphatic carboxylic acids is 1. The van der Waals surface area contributed by atoms with Crippen LogP contribution in [0.3, 0.4) is 0 Å². The Bertz CT molecular complexity index is 1020. The van der Waals surface area contributed by atoms with Crippen molar-refractivity contribution < 1.29 is 34.4 Å². The second kappa shape index (κ2) is 10.2. The average molecular weight is 469 g/mol. The number of hydrogen-bond acceptors (Lipinski definition) is 6. The molecule has 9 nitrogen and oxygen atoms in total. The Morgan fingerprint density at radius 1 is 0.941 bits per heavy atom. The van der Waals surface area contributed by atoms with Gasteiger partial charge in [0.25, 0.3) is 0 Å². The van der Waals surface area contributed by atoms with E-state index in [0.29, 0.717) is 0 Å². The van der Waals surface area contributed by atoms with Gasteiger partial charge in [-0.05, 0) is 22.3 Å². The lowest BCUT2D eigenvalue weighted by Crippen LogP contribution is -2.49. The van der Waals surface area contributed by atoms with E-state index in [2.05, 4.69) is 5.32 Å². The highest BCUT2D eigenvalue weighted by Gasteiger charge is 2.38. The number of nitrogens with one attached hydrogen (secondary N) is 1. The van der Waals surface area contributed by atoms with Crippen molar-refractivity contribution in [2.24, 2.45) is 11.8 Å². The molecule has 2 amide bonds. The zero-order chi connectivity index (χ0) is 24.2. The van der Waals surface area contributed by atoms with Gasteiger partial charge in [-0.2, -0.15) is 0 Å². The molecule has 2 aliphatic rings. The van der Waals surface area contributed by atoms with E-state index >= 15 is 0 Å². The number of rotatable bonds is 8. The molecule has 34 heavy (non-hydrogen) atoms. The van der Waals surface area contributed by atoms with Crippen LogP contribution in [0.5, 0.6) is 0 Å². The number of fused-ring (bicyclic) bond motifs is 3. The quantitative estimate of drug-likeness (QED) is 0.460. The maximum Gasteiger partial charge on any atom is 0.407 e. The zero-order valence-electron chi connectivity index (χ0n) is 18.6. The summed E-state index contributed by atoms with van der Waals surface area (Å²) >= 11 is 0. The third-order valence-corrected chi connectivity index (χ3v) is 6.67. The molecule has 0 bridgehead atoms. The van der Waals surface area contributed by atoms with Gasteiger partial charge >= 0.3 is 12.1 Å². The topological polar surface area (TPSA) is 136 Å². The summed E-state index contributed by atoms with van der Waals surface area (Å²) in [4.78, 5) is 38.3. The van der Waals surface area contributed by atoms with Crippen LogP contribution in [0, 0.1) is 11.8 Å². The molecule has 1 fully saturated rings. The number of amides is 2. The number of alkyl carbamates (subject to hydrolysis) is 1. The number of ether oxygens (including phenoxy) is 1. The van der Waals surface area contributed by atoms with Crippen molar-refractivity contribution in [3.8, 4) is 11.1 Å². The Kier molecular flexibility index (Phi) is 7.14. The SMILES string of the molecule is O=C(O)CC(NC(=O)OCC1c2ccccc2-c2ccccc21)C(=O)N1CC(CO)C(CO)C1. The Morgan fingerprint density at radius 2 is 1.47 bits per heavy atom. The first kappa shape index (κ1) is 23.7. The Morgan fingerprint density at radius 3 is 1.97 bits per heavy atom. The molecule has 3 atom stereocenters. The van der Waals surface area contributed by atoms with E-state index in [4.69, 9.17) is 4.74 Å². The first-order chi connectivity index (χ1) is 16.4. The van der Waals surface area contributed by atoms with Gasteiger partial charge in [0.15, 0.2) is 0 Å². The molecule has 0 aromatic heterocycles. The molecule has 3 unspecified atom stereocenters. The molecule has 1 aliphatic carbocycles. The van der Waals surface area contributed by atoms with E-state index in [9.17, 15) is 29.7 Å². The summed E-state index contributed by atoms with van der Waals surface area (Å²) in [5.41, 5.74) is 4.24. The monoisotopic (exact) mass is 468 g/mol. The van der Waals surface area contributed by atoms with Crippen LogP contribution in [-0.4, -0.2) is 77.1 Å². The van der Waals surface area contributed by atoms with Crippen LogP contribution in [0.4, 0.5) is 4.79 Å². The van der Waals surface area contributed by atoms with Crippen molar-refractivity contribution in [2.75, 3.05) is 32.9 Å². The summed E-state index contributed by atoms with van der Waals surface area (Å²) in [6.45, 7) is 0.0135. The van der Waals surface area contributed by atoms with Crippen molar-refractivity contribution in [1.29, 1.82) is 0 Å². The van der Waals surface area contributed by atoms with E-state index < -0.39 is 30.4 Å². The van der Waals surface area contributed by atoms with E-state index in [1.807, 2.05) is 48.5 Å². The first-order valence-corrected chi connectivity index (χ1v) is 11.3. The smallest absolute Gasteiger partial charge is 0.407 e. The minimum Gasteiger partial charge on any atom is -0.481 e. The lowest BCUT2D eigenvalue weighted by molar-refractivity contribution is -0.142. The minimum atomic E-state index is -1.31. The number of aliphatic hydroxyl groups is 2. The molecule has 2 aromatic carbocycles. The zero-order valence-corrected chi connectivity index (χ0v) is 18.6. The number of carbonyl (C=O) groups is 3. The molecular formula is C25H28N2O7. The molecule has 4 N–H and O–H groups in total. The molecule has 4 rings (SSSR count). The van der Waals surface area contributed by atoms with Gasteiger partial charge in [-0.1, -0.05) is 48.5 Å². The molecule has 180 valence electrons. The number of carboxylic acids is 1. The van der Waals surface area contributed by atoms with E-state index in [0.717, 1.165) is 22.3 Å². The minimum absolute atomic E-state index is 0.0384. The van der Waals surface area contributed by atoms with Gasteiger partial charge in [-0.15, -0.1) is 0 Å². The molecule has 1 aliphatic heterocycles. The largest absolute Gasteiger partial charge is 0.481 e. The lowest BCUT2D eigenvalue weighted by atomic mass is 9.98. The van der Waals surface area contributed by atoms with Crippen LogP contribution >= 0.6 is 0 Å². The van der Waals surface area contributed by atoms with Crippen molar-refractivity contribution in [3.05, 3.63) is 59.7 Å². The second-order valence-electron chi connectivity index (χ2n) is 8.75. The number of nitrogens with zero attached hydrogens (tertiary/aromatic N) is 1. The summed E-state index contributed by atoms with van der Waals surface area (Å²) < 4.78 is 5.46. The van der Waals surface area contributed by atoms with Gasteiger partial charge in [0.05, 0.1) is 6.42 Å². The number of hydrogen-bond donors (Lipinski definition) is 4. The number of aliphatic hydroxyl groups excluding tert-OH is 2. The highest BCUT2D eigenvalue weighted by atomic mass is 16.5. The average Bonchev–Trinajstić information content (AvgIpc) is 3.40. The summed E-state index contributed by atoms with van der Waals surface area (Å²) in [5, 5.41) is 30.6. The standard InChI is InChI=1S/C25H28N2O7/c28-12-15-10-27(11-16(15)13-29)24(32)22(9-23(30)31)26-25(33)34-14-21-19-7-3-1-5-17(19)18-6-2-4-8-20(18)21/h1-8,15-16,21-22,28-29H,9-14H2,(H,26,33)(H,30,31). The maximum atomic E-state index is 13.0. The van der Waals surface area contributed by atoms with E-state index in [1.165, 1.54) is 4.90 Å². The second-order valence-corrected chi connectivity index (χ2v) is 8.75. The van der Waals surface area contributed by atoms with Gasteiger partial charge in [0.1, 0.15) is 12.6 Å². The molecule has 1 saturated heterocycles. The lowest BCUT2D eigenvalue weighted by Gasteiger charge is -2.23. The fourth-order valence-corrected chi connectivity index (χ4v) is 4.91. The van der Waals surface area contributed by atoms with E-state index in [-0.39, 0.29) is 50.7 Å². The van der Waals surface area contributed by atoms with Crippen LogP contribution < -0.4 is 5.32 Å². The van der Waals surface area contributed by atoms with Crippen LogP contribution in [0.15, 0.2) is 48.5 Å². The molecule has 2 aromatic rings. The number of carbonyl (C=O) groups excluding carboxylic acids is 2. The van der Waals surface area contributed by atoms with Crippen LogP contribution in [0.25, 0.3) is 11.1 Å². The number of carboxylic acid groups (broad SMARTS) is 1. The summed E-state index contributed by atoms with van der Waals surface area (Å²) in [5.74, 6) is -2.58. The molecular weight excluding hydrogens is 440 g/mol. The van der Waals surface area contributed by atoms with Gasteiger partial charge in [-0.3, -0.25) is 9.59 Å². The summed E-state index contributed by atoms with van der Waals surface area (Å²) in [6, 6.07) is 14.5. The van der Waals surface area contributed by atoms with Gasteiger partial charge in [-0.25, -0.2) is 4.79 Å². The molecule has 9 heteroatoms. The van der Waals surface area contributed by atoms with Crippen LogP contribution in [0.2, 0.25) is 0 Å². The predicted molar refractivity (Wildman–Crippen MR) is 122 cm³/mol. The number of benzene rings is 2. The first-order valence-electron chi connectivity index (χ1n) is 11.3. The Labute approximate surface area is 197 Å². The third kappa shape index (κ3) is 4.76. The highest BCUT2D eigenvalue weighted by Crippen LogP contribution is 2.44. The Hall–Kier alpha value is -3.43. The molecule has 0 saturated carbocycles. The molecule has 0 radical (unpaired) electrons. The van der Waals surface area contributed by atoms with Crippen molar-refractivity contribution in [1.82, 2.24) is 10.2 Å². The van der Waals surface area contributed by atoms with Crippen molar-refractivity contribution in [2.45, 2.75) is 18.4 Å². The molecule has 1 heterocycles. The summed E-state index contributed by atoms with van der Waals surface area (Å²) in [6.07, 6.45) is -1.48. The maximum absolute atomic E-state index is 13.0. The van der Waals surface area contributed by atoms with Crippen LogP contribution in [0.1, 0.15) is 23.5 Å². The van der Waals surface area contributed by atoms with E-state index in [1.54, 1.807) is 0 Å². The highest BCUT2D eigenvalue weighted by molar-refractivity contribution is 5.89. The van der Waals surface area contributed by atoms with Crippen molar-refractivity contribution in [3.63, 3.8) is 0 Å². The number of likely N-dealkylation sites (tertiary alicyclic amines) is 1. The normalized spacial score (nSPS) is 19.9. The fourth-order valence-electron chi connectivity index (χ4n) is 4.91. The van der Waals surface area contributed by atoms with Gasteiger partial charge in [0.2, 0.25) is 5.91 Å². The van der Waals surface area contributed by atoms with Crippen LogP contribution in [-0.2, 0) is 14.3 Å². The Balaban J connectivity index is 1.42. The van der Waals surface area contributed by atoms with Gasteiger partial charge in [0, 0.05) is 44.1 Å².